The van der Waals surface area contributed by atoms with Gasteiger partial charge in [-0.2, -0.15) is 0 Å². The lowest BCUT2D eigenvalue weighted by Gasteiger charge is -2.28. The molecule has 1 fully saturated rings. The minimum atomic E-state index is 0.0466. The zero-order chi connectivity index (χ0) is 21.2. The van der Waals surface area contributed by atoms with Crippen molar-refractivity contribution in [2.75, 3.05) is 5.32 Å². The highest BCUT2D eigenvalue weighted by molar-refractivity contribution is 6.33. The van der Waals surface area contributed by atoms with Crippen LogP contribution in [-0.2, 0) is 4.79 Å². The maximum Gasteiger partial charge on any atom is 0.227 e. The highest BCUT2D eigenvalue weighted by Gasteiger charge is 2.27. The van der Waals surface area contributed by atoms with Crippen molar-refractivity contribution in [3.8, 4) is 11.4 Å². The number of benzene rings is 3. The number of aromatic amines is 1. The van der Waals surface area contributed by atoms with E-state index in [0.717, 1.165) is 48.0 Å². The van der Waals surface area contributed by atoms with Gasteiger partial charge in [0.25, 0.3) is 0 Å². The van der Waals surface area contributed by atoms with Gasteiger partial charge in [-0.3, -0.25) is 4.79 Å². The Labute approximate surface area is 186 Å². The molecule has 0 spiro atoms. The number of carbonyl (C=O) groups is 1. The smallest absolute Gasteiger partial charge is 0.227 e. The van der Waals surface area contributed by atoms with Crippen LogP contribution in [0.15, 0.2) is 72.8 Å². The summed E-state index contributed by atoms with van der Waals surface area (Å²) in [4.78, 5) is 20.9. The lowest BCUT2D eigenvalue weighted by molar-refractivity contribution is -0.120. The molecule has 31 heavy (non-hydrogen) atoms. The Bertz CT molecular complexity index is 1180. The van der Waals surface area contributed by atoms with E-state index in [1.165, 1.54) is 5.56 Å². The second-order valence-electron chi connectivity index (χ2n) is 8.25. The molecule has 156 valence electrons. The third kappa shape index (κ3) is 4.21. The molecule has 2 N–H and O–H groups in total. The van der Waals surface area contributed by atoms with Gasteiger partial charge in [0.2, 0.25) is 5.91 Å². The van der Waals surface area contributed by atoms with Crippen LogP contribution in [-0.4, -0.2) is 15.9 Å². The van der Waals surface area contributed by atoms with Crippen molar-refractivity contribution in [2.45, 2.75) is 31.6 Å². The fourth-order valence-corrected chi connectivity index (χ4v) is 4.73. The summed E-state index contributed by atoms with van der Waals surface area (Å²) in [6, 6.07) is 24.0. The summed E-state index contributed by atoms with van der Waals surface area (Å²) in [6.07, 6.45) is 3.92. The molecule has 5 heteroatoms. The van der Waals surface area contributed by atoms with Crippen LogP contribution in [0.1, 0.15) is 37.2 Å². The number of anilines is 1. The fourth-order valence-electron chi connectivity index (χ4n) is 4.52. The van der Waals surface area contributed by atoms with Crippen LogP contribution >= 0.6 is 11.6 Å². The molecule has 1 aromatic heterocycles. The first-order chi connectivity index (χ1) is 15.2. The molecule has 0 saturated heterocycles. The zero-order valence-corrected chi connectivity index (χ0v) is 17.9. The van der Waals surface area contributed by atoms with E-state index in [2.05, 4.69) is 39.6 Å². The molecule has 3 aromatic carbocycles. The SMILES string of the molecule is O=C(Nc1ccc(Cl)c(-c2nc3ccccc3[nH]2)c1)C1CCC(c2ccccc2)CC1. The van der Waals surface area contributed by atoms with Gasteiger partial charge in [-0.15, -0.1) is 0 Å². The molecule has 5 rings (SSSR count). The number of fused-ring (bicyclic) bond motifs is 1. The van der Waals surface area contributed by atoms with Crippen molar-refractivity contribution >= 4 is 34.2 Å². The molecule has 4 nitrogen and oxygen atoms in total. The molecule has 1 aliphatic rings. The van der Waals surface area contributed by atoms with Gasteiger partial charge in [-0.25, -0.2) is 4.98 Å². The predicted octanol–water partition coefficient (Wildman–Crippen LogP) is 6.80. The third-order valence-corrected chi connectivity index (χ3v) is 6.58. The topological polar surface area (TPSA) is 57.8 Å². The first-order valence-corrected chi connectivity index (χ1v) is 11.2. The first-order valence-electron chi connectivity index (χ1n) is 10.8. The largest absolute Gasteiger partial charge is 0.338 e. The number of nitrogens with zero attached hydrogens (tertiary/aromatic N) is 1. The zero-order valence-electron chi connectivity index (χ0n) is 17.1. The Balaban J connectivity index is 1.28. The average Bonchev–Trinajstić information content (AvgIpc) is 3.25. The van der Waals surface area contributed by atoms with Crippen LogP contribution in [0.5, 0.6) is 0 Å². The molecule has 1 aliphatic carbocycles. The average molecular weight is 430 g/mol. The maximum atomic E-state index is 12.9. The Kier molecular flexibility index (Phi) is 5.47. The van der Waals surface area contributed by atoms with Gasteiger partial charge in [0.15, 0.2) is 0 Å². The fraction of sp³-hybridized carbons (Fsp3) is 0.231. The lowest BCUT2D eigenvalue weighted by Crippen LogP contribution is -2.26. The molecule has 1 saturated carbocycles. The van der Waals surface area contributed by atoms with Crippen molar-refractivity contribution < 1.29 is 4.79 Å². The predicted molar refractivity (Wildman–Crippen MR) is 126 cm³/mol. The van der Waals surface area contributed by atoms with Crippen LogP contribution < -0.4 is 5.32 Å². The molecular formula is C26H24ClN3O. The Morgan fingerprint density at radius 2 is 1.68 bits per heavy atom. The molecule has 1 amide bonds. The molecular weight excluding hydrogens is 406 g/mol. The van der Waals surface area contributed by atoms with Gasteiger partial charge in [-0.1, -0.05) is 54.1 Å². The number of H-pyrrole nitrogens is 1. The summed E-state index contributed by atoms with van der Waals surface area (Å²) in [5, 5.41) is 3.70. The minimum absolute atomic E-state index is 0.0466. The third-order valence-electron chi connectivity index (χ3n) is 6.25. The summed E-state index contributed by atoms with van der Waals surface area (Å²) in [7, 11) is 0. The maximum absolute atomic E-state index is 12.9. The van der Waals surface area contributed by atoms with Gasteiger partial charge >= 0.3 is 0 Å². The number of nitrogens with one attached hydrogen (secondary N) is 2. The van der Waals surface area contributed by atoms with Crippen LogP contribution in [0.3, 0.4) is 0 Å². The van der Waals surface area contributed by atoms with E-state index in [0.29, 0.717) is 16.8 Å². The van der Waals surface area contributed by atoms with E-state index in [4.69, 9.17) is 11.6 Å². The van der Waals surface area contributed by atoms with Gasteiger partial charge in [-0.05, 0) is 67.5 Å². The number of para-hydroxylation sites is 2. The van der Waals surface area contributed by atoms with E-state index in [1.807, 2.05) is 48.5 Å². The molecule has 4 aromatic rings. The number of carbonyl (C=O) groups excluding carboxylic acids is 1. The lowest BCUT2D eigenvalue weighted by atomic mass is 9.78. The van der Waals surface area contributed by atoms with Gasteiger partial charge < -0.3 is 10.3 Å². The summed E-state index contributed by atoms with van der Waals surface area (Å²) >= 11 is 6.45. The normalized spacial score (nSPS) is 18.7. The number of aromatic nitrogens is 2. The second kappa shape index (κ2) is 8.56. The Morgan fingerprint density at radius 1 is 0.935 bits per heavy atom. The number of hydrogen-bond donors (Lipinski definition) is 2. The molecule has 1 heterocycles. The molecule has 0 bridgehead atoms. The van der Waals surface area contributed by atoms with Crippen LogP contribution in [0.4, 0.5) is 5.69 Å². The minimum Gasteiger partial charge on any atom is -0.338 e. The molecule has 0 aliphatic heterocycles. The van der Waals surface area contributed by atoms with Gasteiger partial charge in [0.1, 0.15) is 5.82 Å². The summed E-state index contributed by atoms with van der Waals surface area (Å²) in [5.41, 5.74) is 4.75. The van der Waals surface area contributed by atoms with Crippen molar-refractivity contribution in [1.29, 1.82) is 0 Å². The van der Waals surface area contributed by atoms with E-state index in [9.17, 15) is 4.79 Å². The number of amides is 1. The quantitative estimate of drug-likeness (QED) is 0.375. The monoisotopic (exact) mass is 429 g/mol. The van der Waals surface area contributed by atoms with Crippen molar-refractivity contribution in [1.82, 2.24) is 9.97 Å². The summed E-state index contributed by atoms with van der Waals surface area (Å²) < 4.78 is 0. The standard InChI is InChI=1S/C26H24ClN3O/c27-22-15-14-20(16-21(22)25-29-23-8-4-5-9-24(23)30-25)28-26(31)19-12-10-18(11-13-19)17-6-2-1-3-7-17/h1-9,14-16,18-19H,10-13H2,(H,28,31)(H,29,30). The van der Waals surface area contributed by atoms with Crippen molar-refractivity contribution in [2.24, 2.45) is 5.92 Å². The number of hydrogen-bond acceptors (Lipinski definition) is 2. The Hall–Kier alpha value is -3.11. The van der Waals surface area contributed by atoms with E-state index in [1.54, 1.807) is 0 Å². The number of rotatable bonds is 4. The molecule has 0 radical (unpaired) electrons. The van der Waals surface area contributed by atoms with Crippen molar-refractivity contribution in [3.63, 3.8) is 0 Å². The van der Waals surface area contributed by atoms with E-state index < -0.39 is 0 Å². The van der Waals surface area contributed by atoms with Gasteiger partial charge in [0.05, 0.1) is 16.1 Å². The molecule has 0 atom stereocenters. The van der Waals surface area contributed by atoms with Crippen LogP contribution in [0.2, 0.25) is 5.02 Å². The second-order valence-corrected chi connectivity index (χ2v) is 8.65. The van der Waals surface area contributed by atoms with E-state index >= 15 is 0 Å². The van der Waals surface area contributed by atoms with E-state index in [-0.39, 0.29) is 11.8 Å². The highest BCUT2D eigenvalue weighted by Crippen LogP contribution is 2.36. The number of halogens is 1. The van der Waals surface area contributed by atoms with Crippen LogP contribution in [0.25, 0.3) is 22.4 Å². The summed E-state index contributed by atoms with van der Waals surface area (Å²) in [6.45, 7) is 0. The highest BCUT2D eigenvalue weighted by atomic mass is 35.5. The van der Waals surface area contributed by atoms with Gasteiger partial charge in [0, 0.05) is 17.2 Å². The van der Waals surface area contributed by atoms with Crippen molar-refractivity contribution in [3.05, 3.63) is 83.4 Å². The first kappa shape index (κ1) is 19.8. The van der Waals surface area contributed by atoms with Crippen LogP contribution in [0, 0.1) is 5.92 Å². The molecule has 0 unspecified atom stereocenters. The number of imidazole rings is 1. The summed E-state index contributed by atoms with van der Waals surface area (Å²) in [5.74, 6) is 1.39. The Morgan fingerprint density at radius 3 is 2.45 bits per heavy atom.